The summed E-state index contributed by atoms with van der Waals surface area (Å²) in [4.78, 5) is 27.6. The maximum atomic E-state index is 13.1. The van der Waals surface area contributed by atoms with Crippen molar-refractivity contribution in [2.75, 3.05) is 5.32 Å². The van der Waals surface area contributed by atoms with Gasteiger partial charge in [-0.2, -0.15) is 0 Å². The standard InChI is InChI=1S/C17H13FN2O2/c1-10-15(13-7-2-3-8-14(13)19-10)16(21)17(22)20-12-6-4-5-11(18)9-12/h2-9,19H,1H3,(H,20,22). The molecule has 1 heterocycles. The van der Waals surface area contributed by atoms with Crippen LogP contribution in [0.3, 0.4) is 0 Å². The van der Waals surface area contributed by atoms with E-state index in [1.54, 1.807) is 19.1 Å². The lowest BCUT2D eigenvalue weighted by Gasteiger charge is -2.05. The summed E-state index contributed by atoms with van der Waals surface area (Å²) in [5.74, 6) is -1.92. The van der Waals surface area contributed by atoms with Gasteiger partial charge < -0.3 is 10.3 Å². The van der Waals surface area contributed by atoms with E-state index < -0.39 is 17.5 Å². The van der Waals surface area contributed by atoms with Gasteiger partial charge in [-0.1, -0.05) is 24.3 Å². The SMILES string of the molecule is Cc1[nH]c2ccccc2c1C(=O)C(=O)Nc1cccc(F)c1. The number of aryl methyl sites for hydroxylation is 1. The summed E-state index contributed by atoms with van der Waals surface area (Å²) in [6.07, 6.45) is 0. The number of ketones is 1. The molecule has 0 aliphatic heterocycles. The van der Waals surface area contributed by atoms with E-state index >= 15 is 0 Å². The van der Waals surface area contributed by atoms with Crippen LogP contribution in [-0.2, 0) is 4.79 Å². The summed E-state index contributed by atoms with van der Waals surface area (Å²) >= 11 is 0. The minimum absolute atomic E-state index is 0.246. The summed E-state index contributed by atoms with van der Waals surface area (Å²) in [5, 5.41) is 3.11. The quantitative estimate of drug-likeness (QED) is 0.574. The van der Waals surface area contributed by atoms with E-state index in [4.69, 9.17) is 0 Å². The summed E-state index contributed by atoms with van der Waals surface area (Å²) in [5.41, 5.74) is 2.00. The number of hydrogen-bond acceptors (Lipinski definition) is 2. The molecule has 0 radical (unpaired) electrons. The average molecular weight is 296 g/mol. The van der Waals surface area contributed by atoms with Crippen LogP contribution in [0.2, 0.25) is 0 Å². The van der Waals surface area contributed by atoms with Crippen LogP contribution in [0.5, 0.6) is 0 Å². The molecule has 0 saturated carbocycles. The molecule has 0 aliphatic carbocycles. The summed E-state index contributed by atoms with van der Waals surface area (Å²) in [6, 6.07) is 12.7. The van der Waals surface area contributed by atoms with E-state index in [-0.39, 0.29) is 5.69 Å². The molecule has 0 spiro atoms. The fraction of sp³-hybridized carbons (Fsp3) is 0.0588. The fourth-order valence-electron chi connectivity index (χ4n) is 2.44. The number of nitrogens with one attached hydrogen (secondary N) is 2. The Morgan fingerprint density at radius 1 is 1.09 bits per heavy atom. The number of carbonyl (C=O) groups is 2. The molecule has 3 aromatic rings. The topological polar surface area (TPSA) is 62.0 Å². The highest BCUT2D eigenvalue weighted by molar-refractivity contribution is 6.48. The first-order valence-electron chi connectivity index (χ1n) is 6.75. The van der Waals surface area contributed by atoms with Crippen molar-refractivity contribution in [2.24, 2.45) is 0 Å². The smallest absolute Gasteiger partial charge is 0.296 e. The van der Waals surface area contributed by atoms with Gasteiger partial charge in [0.1, 0.15) is 5.82 Å². The molecule has 1 amide bonds. The summed E-state index contributed by atoms with van der Waals surface area (Å²) in [6.45, 7) is 1.74. The second kappa shape index (κ2) is 5.44. The zero-order valence-corrected chi connectivity index (χ0v) is 11.8. The number of benzene rings is 2. The van der Waals surface area contributed by atoms with Crippen LogP contribution in [0.25, 0.3) is 10.9 Å². The minimum Gasteiger partial charge on any atom is -0.358 e. The number of para-hydroxylation sites is 1. The van der Waals surface area contributed by atoms with Gasteiger partial charge in [0.2, 0.25) is 0 Å². The molecule has 3 rings (SSSR count). The largest absolute Gasteiger partial charge is 0.358 e. The van der Waals surface area contributed by atoms with Crippen molar-refractivity contribution in [1.29, 1.82) is 0 Å². The van der Waals surface area contributed by atoms with Gasteiger partial charge in [0.05, 0.1) is 5.56 Å². The van der Waals surface area contributed by atoms with Crippen LogP contribution in [0.1, 0.15) is 16.1 Å². The molecule has 0 fully saturated rings. The lowest BCUT2D eigenvalue weighted by Crippen LogP contribution is -2.23. The molecular weight excluding hydrogens is 283 g/mol. The first-order valence-corrected chi connectivity index (χ1v) is 6.75. The first-order chi connectivity index (χ1) is 10.6. The number of aromatic amines is 1. The molecule has 5 heteroatoms. The number of hydrogen-bond donors (Lipinski definition) is 2. The Bertz CT molecular complexity index is 883. The summed E-state index contributed by atoms with van der Waals surface area (Å²) in [7, 11) is 0. The number of anilines is 1. The van der Waals surface area contributed by atoms with Crippen molar-refractivity contribution >= 4 is 28.3 Å². The van der Waals surface area contributed by atoms with Crippen molar-refractivity contribution in [3.8, 4) is 0 Å². The van der Waals surface area contributed by atoms with E-state index in [2.05, 4.69) is 10.3 Å². The van der Waals surface area contributed by atoms with Crippen LogP contribution in [0.4, 0.5) is 10.1 Å². The molecule has 110 valence electrons. The zero-order chi connectivity index (χ0) is 15.7. The number of aromatic nitrogens is 1. The molecular formula is C17H13FN2O2. The Morgan fingerprint density at radius 2 is 1.86 bits per heavy atom. The Morgan fingerprint density at radius 3 is 2.64 bits per heavy atom. The number of amides is 1. The average Bonchev–Trinajstić information content (AvgIpc) is 2.82. The fourth-order valence-corrected chi connectivity index (χ4v) is 2.44. The van der Waals surface area contributed by atoms with Crippen LogP contribution in [-0.4, -0.2) is 16.7 Å². The maximum absolute atomic E-state index is 13.1. The zero-order valence-electron chi connectivity index (χ0n) is 11.8. The lowest BCUT2D eigenvalue weighted by molar-refractivity contribution is -0.112. The molecule has 22 heavy (non-hydrogen) atoms. The Hall–Kier alpha value is -2.95. The Kier molecular flexibility index (Phi) is 3.47. The van der Waals surface area contributed by atoms with Crippen molar-refractivity contribution in [3.63, 3.8) is 0 Å². The van der Waals surface area contributed by atoms with Gasteiger partial charge in [0, 0.05) is 22.3 Å². The van der Waals surface area contributed by atoms with E-state index in [0.717, 1.165) is 11.6 Å². The predicted molar refractivity (Wildman–Crippen MR) is 82.4 cm³/mol. The highest BCUT2D eigenvalue weighted by Crippen LogP contribution is 2.22. The van der Waals surface area contributed by atoms with Crippen molar-refractivity contribution in [3.05, 3.63) is 65.6 Å². The lowest BCUT2D eigenvalue weighted by atomic mass is 10.1. The third kappa shape index (κ3) is 2.48. The highest BCUT2D eigenvalue weighted by Gasteiger charge is 2.22. The van der Waals surface area contributed by atoms with E-state index in [0.29, 0.717) is 16.6 Å². The third-order valence-electron chi connectivity index (χ3n) is 3.41. The van der Waals surface area contributed by atoms with Crippen molar-refractivity contribution in [2.45, 2.75) is 6.92 Å². The number of halogens is 1. The van der Waals surface area contributed by atoms with Crippen LogP contribution in [0.15, 0.2) is 48.5 Å². The van der Waals surface area contributed by atoms with Crippen molar-refractivity contribution < 1.29 is 14.0 Å². The number of carbonyl (C=O) groups excluding carboxylic acids is 2. The molecule has 4 nitrogen and oxygen atoms in total. The van der Waals surface area contributed by atoms with Crippen molar-refractivity contribution in [1.82, 2.24) is 4.98 Å². The Labute approximate surface area is 126 Å². The van der Waals surface area contributed by atoms with Gasteiger partial charge in [-0.3, -0.25) is 9.59 Å². The molecule has 0 unspecified atom stereocenters. The number of Topliss-reactive ketones (excluding diaryl/α,β-unsaturated/α-hetero) is 1. The second-order valence-electron chi connectivity index (χ2n) is 4.96. The van der Waals surface area contributed by atoms with E-state index in [9.17, 15) is 14.0 Å². The second-order valence-corrected chi connectivity index (χ2v) is 4.96. The van der Waals surface area contributed by atoms with Gasteiger partial charge >= 0.3 is 0 Å². The summed E-state index contributed by atoms with van der Waals surface area (Å²) < 4.78 is 13.1. The molecule has 2 aromatic carbocycles. The molecule has 0 saturated heterocycles. The maximum Gasteiger partial charge on any atom is 0.296 e. The molecule has 1 aromatic heterocycles. The highest BCUT2D eigenvalue weighted by atomic mass is 19.1. The van der Waals surface area contributed by atoms with Crippen LogP contribution in [0, 0.1) is 12.7 Å². The minimum atomic E-state index is -0.793. The number of rotatable bonds is 3. The molecule has 2 N–H and O–H groups in total. The van der Waals surface area contributed by atoms with Gasteiger partial charge in [0.15, 0.2) is 0 Å². The van der Waals surface area contributed by atoms with Gasteiger partial charge in [0.25, 0.3) is 11.7 Å². The number of fused-ring (bicyclic) bond motifs is 1. The first kappa shape index (κ1) is 14.0. The number of H-pyrrole nitrogens is 1. The van der Waals surface area contributed by atoms with E-state index in [1.165, 1.54) is 18.2 Å². The normalized spacial score (nSPS) is 10.6. The van der Waals surface area contributed by atoms with E-state index in [1.807, 2.05) is 12.1 Å². The monoisotopic (exact) mass is 296 g/mol. The van der Waals surface area contributed by atoms with Gasteiger partial charge in [-0.15, -0.1) is 0 Å². The predicted octanol–water partition coefficient (Wildman–Crippen LogP) is 3.44. The van der Waals surface area contributed by atoms with Gasteiger partial charge in [-0.05, 0) is 31.2 Å². The third-order valence-corrected chi connectivity index (χ3v) is 3.41. The van der Waals surface area contributed by atoms with Gasteiger partial charge in [-0.25, -0.2) is 4.39 Å². The molecule has 0 aliphatic rings. The molecule has 0 bridgehead atoms. The van der Waals surface area contributed by atoms with Crippen LogP contribution < -0.4 is 5.32 Å². The van der Waals surface area contributed by atoms with Crippen LogP contribution >= 0.6 is 0 Å². The molecule has 0 atom stereocenters. The Balaban J connectivity index is 1.92.